The lowest BCUT2D eigenvalue weighted by molar-refractivity contribution is -0.136. The molecule has 0 atom stereocenters. The molecule has 1 amide bonds. The Balaban J connectivity index is 1.91. The highest BCUT2D eigenvalue weighted by atomic mass is 79.9. The normalized spacial score (nSPS) is 10.9. The molecule has 2 aromatic rings. The second-order valence-electron chi connectivity index (χ2n) is 7.13. The number of hydrogen-bond donors (Lipinski definition) is 1. The lowest BCUT2D eigenvalue weighted by atomic mass is 10.1. The summed E-state index contributed by atoms with van der Waals surface area (Å²) in [6.45, 7) is 4.44. The lowest BCUT2D eigenvalue weighted by Crippen LogP contribution is -2.25. The Labute approximate surface area is 197 Å². The monoisotopic (exact) mass is 498 g/mol. The van der Waals surface area contributed by atoms with E-state index in [1.54, 1.807) is 24.3 Å². The summed E-state index contributed by atoms with van der Waals surface area (Å²) in [6, 6.07) is 14.2. The van der Waals surface area contributed by atoms with Gasteiger partial charge in [-0.15, -0.1) is 0 Å². The Bertz CT molecular complexity index is 994. The van der Waals surface area contributed by atoms with E-state index in [9.17, 15) is 14.9 Å². The fraction of sp³-hybridized carbons (Fsp3) is 0.320. The molecule has 2 aromatic carbocycles. The number of esters is 1. The number of ether oxygens (including phenoxy) is 2. The second-order valence-corrected chi connectivity index (χ2v) is 7.98. The second kappa shape index (κ2) is 13.3. The molecule has 0 saturated heterocycles. The molecule has 0 heterocycles. The summed E-state index contributed by atoms with van der Waals surface area (Å²) < 4.78 is 11.6. The van der Waals surface area contributed by atoms with E-state index in [-0.39, 0.29) is 12.2 Å². The van der Waals surface area contributed by atoms with E-state index >= 15 is 0 Å². The van der Waals surface area contributed by atoms with E-state index in [0.29, 0.717) is 23.6 Å². The molecule has 168 valence electrons. The van der Waals surface area contributed by atoms with Crippen molar-refractivity contribution in [3.05, 3.63) is 63.6 Å². The predicted molar refractivity (Wildman–Crippen MR) is 127 cm³/mol. The first-order valence-corrected chi connectivity index (χ1v) is 11.4. The third kappa shape index (κ3) is 8.20. The average Bonchev–Trinajstić information content (AvgIpc) is 2.78. The first-order chi connectivity index (χ1) is 15.5. The summed E-state index contributed by atoms with van der Waals surface area (Å²) in [4.78, 5) is 24.2. The van der Waals surface area contributed by atoms with Gasteiger partial charge in [0.25, 0.3) is 5.91 Å². The Kier molecular flexibility index (Phi) is 10.5. The molecule has 1 N–H and O–H groups in total. The van der Waals surface area contributed by atoms with Gasteiger partial charge in [0, 0.05) is 6.54 Å². The zero-order valence-electron chi connectivity index (χ0n) is 18.3. The van der Waals surface area contributed by atoms with Crippen LogP contribution in [0, 0.1) is 11.3 Å². The van der Waals surface area contributed by atoms with Crippen molar-refractivity contribution >= 4 is 33.9 Å². The first-order valence-electron chi connectivity index (χ1n) is 10.6. The van der Waals surface area contributed by atoms with Crippen molar-refractivity contribution in [1.82, 2.24) is 5.32 Å². The third-order valence-electron chi connectivity index (χ3n) is 4.48. The number of carbonyl (C=O) groups is 2. The van der Waals surface area contributed by atoms with Crippen LogP contribution in [-0.4, -0.2) is 25.0 Å². The van der Waals surface area contributed by atoms with Crippen LogP contribution >= 0.6 is 15.9 Å². The SMILES string of the molecule is CCCCNC(=O)/C(C#N)=C/c1ccc(OC(=O)COc2ccc(CCC)cc2Br)cc1. The largest absolute Gasteiger partial charge is 0.481 e. The number of carbonyl (C=O) groups excluding carboxylic acids is 2. The van der Waals surface area contributed by atoms with E-state index in [4.69, 9.17) is 9.47 Å². The Morgan fingerprint density at radius 1 is 1.12 bits per heavy atom. The van der Waals surface area contributed by atoms with Crippen LogP contribution in [0.4, 0.5) is 0 Å². The van der Waals surface area contributed by atoms with Gasteiger partial charge in [0.15, 0.2) is 6.61 Å². The summed E-state index contributed by atoms with van der Waals surface area (Å²) in [5.74, 6) is -0.0177. The van der Waals surface area contributed by atoms with Gasteiger partial charge in [0.05, 0.1) is 4.47 Å². The quantitative estimate of drug-likeness (QED) is 0.151. The van der Waals surface area contributed by atoms with Crippen molar-refractivity contribution in [2.75, 3.05) is 13.2 Å². The van der Waals surface area contributed by atoms with E-state index in [0.717, 1.165) is 30.2 Å². The van der Waals surface area contributed by atoms with Crippen molar-refractivity contribution in [3.8, 4) is 17.6 Å². The van der Waals surface area contributed by atoms with Crippen molar-refractivity contribution in [3.63, 3.8) is 0 Å². The number of hydrogen-bond acceptors (Lipinski definition) is 5. The van der Waals surface area contributed by atoms with Gasteiger partial charge in [-0.3, -0.25) is 4.79 Å². The summed E-state index contributed by atoms with van der Waals surface area (Å²) in [7, 11) is 0. The third-order valence-corrected chi connectivity index (χ3v) is 5.10. The summed E-state index contributed by atoms with van der Waals surface area (Å²) in [5.41, 5.74) is 1.87. The number of nitrogens with one attached hydrogen (secondary N) is 1. The minimum Gasteiger partial charge on any atom is -0.481 e. The van der Waals surface area contributed by atoms with E-state index in [1.807, 2.05) is 31.2 Å². The summed E-state index contributed by atoms with van der Waals surface area (Å²) >= 11 is 3.46. The number of rotatable bonds is 11. The van der Waals surface area contributed by atoms with E-state index in [2.05, 4.69) is 28.2 Å². The molecule has 0 bridgehead atoms. The molecule has 0 aliphatic rings. The Morgan fingerprint density at radius 3 is 2.50 bits per heavy atom. The Morgan fingerprint density at radius 2 is 1.88 bits per heavy atom. The highest BCUT2D eigenvalue weighted by Gasteiger charge is 2.10. The number of nitriles is 1. The molecule has 0 aliphatic heterocycles. The van der Waals surface area contributed by atoms with Crippen LogP contribution in [0.1, 0.15) is 44.2 Å². The lowest BCUT2D eigenvalue weighted by Gasteiger charge is -2.10. The minimum atomic E-state index is -0.536. The molecule has 0 unspecified atom stereocenters. The number of nitrogens with zero attached hydrogens (tertiary/aromatic N) is 1. The van der Waals surface area contributed by atoms with Gasteiger partial charge in [-0.25, -0.2) is 4.79 Å². The number of benzene rings is 2. The zero-order chi connectivity index (χ0) is 23.3. The maximum Gasteiger partial charge on any atom is 0.349 e. The highest BCUT2D eigenvalue weighted by Crippen LogP contribution is 2.26. The molecule has 0 saturated carbocycles. The average molecular weight is 499 g/mol. The maximum absolute atomic E-state index is 12.1. The number of unbranched alkanes of at least 4 members (excludes halogenated alkanes) is 1. The summed E-state index contributed by atoms with van der Waals surface area (Å²) in [6.07, 6.45) is 5.34. The molecule has 0 radical (unpaired) electrons. The molecule has 0 spiro atoms. The van der Waals surface area contributed by atoms with Crippen LogP contribution in [0.25, 0.3) is 6.08 Å². The van der Waals surface area contributed by atoms with Gasteiger partial charge in [0.2, 0.25) is 0 Å². The van der Waals surface area contributed by atoms with Gasteiger partial charge in [-0.2, -0.15) is 5.26 Å². The van der Waals surface area contributed by atoms with E-state index < -0.39 is 11.9 Å². The fourth-order valence-electron chi connectivity index (χ4n) is 2.82. The molecule has 2 rings (SSSR count). The van der Waals surface area contributed by atoms with Crippen molar-refractivity contribution in [2.24, 2.45) is 0 Å². The fourth-order valence-corrected chi connectivity index (χ4v) is 3.37. The number of halogens is 1. The molecular weight excluding hydrogens is 472 g/mol. The molecule has 0 aliphatic carbocycles. The first kappa shape index (κ1) is 25.2. The molecule has 0 fully saturated rings. The van der Waals surface area contributed by atoms with Crippen LogP contribution in [0.2, 0.25) is 0 Å². The molecule has 0 aromatic heterocycles. The van der Waals surface area contributed by atoms with E-state index in [1.165, 1.54) is 11.6 Å². The summed E-state index contributed by atoms with van der Waals surface area (Å²) in [5, 5.41) is 12.0. The maximum atomic E-state index is 12.1. The van der Waals surface area contributed by atoms with Crippen LogP contribution in [-0.2, 0) is 16.0 Å². The number of amides is 1. The van der Waals surface area contributed by atoms with Gasteiger partial charge in [-0.05, 0) is 70.2 Å². The van der Waals surface area contributed by atoms with Crippen LogP contribution in [0.5, 0.6) is 11.5 Å². The standard InChI is InChI=1S/C25H27BrN2O4/c1-3-5-13-28-25(30)20(16-27)14-19-7-10-21(11-8-19)32-24(29)17-31-23-12-9-18(6-4-2)15-22(23)26/h7-12,14-15H,3-6,13,17H2,1-2H3,(H,28,30)/b20-14+. The minimum absolute atomic E-state index is 0.0229. The van der Waals surface area contributed by atoms with Crippen molar-refractivity contribution < 1.29 is 19.1 Å². The Hall–Kier alpha value is -3.11. The molecular formula is C25H27BrN2O4. The molecule has 32 heavy (non-hydrogen) atoms. The van der Waals surface area contributed by atoms with Gasteiger partial charge >= 0.3 is 5.97 Å². The van der Waals surface area contributed by atoms with Gasteiger partial charge in [-0.1, -0.05) is 44.9 Å². The van der Waals surface area contributed by atoms with Crippen LogP contribution in [0.3, 0.4) is 0 Å². The van der Waals surface area contributed by atoms with Gasteiger partial charge in [0.1, 0.15) is 23.1 Å². The molecule has 7 heteroatoms. The number of aryl methyl sites for hydroxylation is 1. The zero-order valence-corrected chi connectivity index (χ0v) is 19.9. The smallest absolute Gasteiger partial charge is 0.349 e. The van der Waals surface area contributed by atoms with Gasteiger partial charge < -0.3 is 14.8 Å². The van der Waals surface area contributed by atoms with Crippen LogP contribution < -0.4 is 14.8 Å². The van der Waals surface area contributed by atoms with Crippen LogP contribution in [0.15, 0.2) is 52.5 Å². The highest BCUT2D eigenvalue weighted by molar-refractivity contribution is 9.10. The van der Waals surface area contributed by atoms with Crippen molar-refractivity contribution in [1.29, 1.82) is 5.26 Å². The predicted octanol–water partition coefficient (Wildman–Crippen LogP) is 5.21. The topological polar surface area (TPSA) is 88.4 Å². The van der Waals surface area contributed by atoms with Crippen molar-refractivity contribution in [2.45, 2.75) is 39.5 Å². The molecule has 6 nitrogen and oxygen atoms in total.